The SMILES string of the molecule is O=NC=Nc1nccnc1C(=O)N1CCCC1. The van der Waals surface area contributed by atoms with Gasteiger partial charge in [-0.2, -0.15) is 0 Å². The zero-order valence-corrected chi connectivity index (χ0v) is 9.11. The predicted molar refractivity (Wildman–Crippen MR) is 61.1 cm³/mol. The number of carbonyl (C=O) groups excluding carboxylic acids is 1. The number of rotatable bonds is 3. The number of hydrogen-bond acceptors (Lipinski definition) is 5. The molecule has 1 aromatic rings. The van der Waals surface area contributed by atoms with E-state index in [0.717, 1.165) is 32.3 Å². The smallest absolute Gasteiger partial charge is 0.276 e. The van der Waals surface area contributed by atoms with Crippen LogP contribution in [0, 0.1) is 4.91 Å². The van der Waals surface area contributed by atoms with E-state index in [1.54, 1.807) is 4.90 Å². The molecule has 7 nitrogen and oxygen atoms in total. The van der Waals surface area contributed by atoms with Gasteiger partial charge in [-0.25, -0.2) is 15.0 Å². The van der Waals surface area contributed by atoms with Crippen LogP contribution in [-0.2, 0) is 0 Å². The largest absolute Gasteiger partial charge is 0.337 e. The first-order valence-electron chi connectivity index (χ1n) is 5.28. The van der Waals surface area contributed by atoms with Crippen molar-refractivity contribution in [3.63, 3.8) is 0 Å². The fraction of sp³-hybridized carbons (Fsp3) is 0.400. The number of carbonyl (C=O) groups is 1. The lowest BCUT2D eigenvalue weighted by molar-refractivity contribution is 0.0787. The van der Waals surface area contributed by atoms with Gasteiger partial charge in [0.15, 0.2) is 17.9 Å². The molecule has 0 N–H and O–H groups in total. The van der Waals surface area contributed by atoms with Crippen LogP contribution >= 0.6 is 0 Å². The summed E-state index contributed by atoms with van der Waals surface area (Å²) in [6.45, 7) is 1.45. The van der Waals surface area contributed by atoms with Gasteiger partial charge >= 0.3 is 0 Å². The van der Waals surface area contributed by atoms with Crippen LogP contribution in [0.25, 0.3) is 0 Å². The number of nitrogens with zero attached hydrogens (tertiary/aromatic N) is 5. The Morgan fingerprint density at radius 2 is 2.00 bits per heavy atom. The minimum Gasteiger partial charge on any atom is -0.337 e. The van der Waals surface area contributed by atoms with E-state index in [-0.39, 0.29) is 17.4 Å². The highest BCUT2D eigenvalue weighted by Crippen LogP contribution is 2.17. The van der Waals surface area contributed by atoms with Crippen LogP contribution < -0.4 is 0 Å². The fourth-order valence-electron chi connectivity index (χ4n) is 1.72. The second-order valence-corrected chi connectivity index (χ2v) is 3.58. The van der Waals surface area contributed by atoms with E-state index in [9.17, 15) is 9.70 Å². The Hall–Kier alpha value is -2.18. The molecule has 1 aromatic heterocycles. The first kappa shape index (κ1) is 11.3. The number of aliphatic imine (C=N–C) groups is 1. The van der Waals surface area contributed by atoms with Crippen LogP contribution in [0.3, 0.4) is 0 Å². The Bertz CT molecular complexity index is 454. The molecule has 0 spiro atoms. The van der Waals surface area contributed by atoms with Gasteiger partial charge in [0.2, 0.25) is 0 Å². The molecule has 1 aliphatic heterocycles. The van der Waals surface area contributed by atoms with Crippen molar-refractivity contribution in [3.8, 4) is 0 Å². The average Bonchev–Trinajstić information content (AvgIpc) is 2.89. The number of amides is 1. The fourth-order valence-corrected chi connectivity index (χ4v) is 1.72. The molecular formula is C10H11N5O2. The monoisotopic (exact) mass is 233 g/mol. The standard InChI is InChI=1S/C10H11N5O2/c16-10(15-5-1-2-6-15)8-9(13-7-14-17)12-4-3-11-8/h3-4,7H,1-2,5-6H2. The molecule has 1 saturated heterocycles. The van der Waals surface area contributed by atoms with Gasteiger partial charge < -0.3 is 4.90 Å². The summed E-state index contributed by atoms with van der Waals surface area (Å²) in [5, 5.41) is 2.49. The van der Waals surface area contributed by atoms with E-state index in [1.807, 2.05) is 0 Å². The van der Waals surface area contributed by atoms with Crippen LogP contribution in [0.15, 0.2) is 22.6 Å². The second kappa shape index (κ2) is 5.24. The Kier molecular flexibility index (Phi) is 3.49. The van der Waals surface area contributed by atoms with Crippen molar-refractivity contribution in [3.05, 3.63) is 23.0 Å². The molecule has 0 unspecified atom stereocenters. The molecule has 1 fully saturated rings. The highest BCUT2D eigenvalue weighted by atomic mass is 16.3. The van der Waals surface area contributed by atoms with Crippen LogP contribution in [0.2, 0.25) is 0 Å². The maximum Gasteiger partial charge on any atom is 0.276 e. The van der Waals surface area contributed by atoms with Crippen molar-refractivity contribution in [2.75, 3.05) is 13.1 Å². The minimum atomic E-state index is -0.200. The van der Waals surface area contributed by atoms with Gasteiger partial charge in [-0.05, 0) is 18.0 Å². The zero-order chi connectivity index (χ0) is 12.1. The lowest BCUT2D eigenvalue weighted by atomic mass is 10.3. The Balaban J connectivity index is 2.27. The van der Waals surface area contributed by atoms with Gasteiger partial charge in [0.1, 0.15) is 0 Å². The van der Waals surface area contributed by atoms with E-state index in [2.05, 4.69) is 20.1 Å². The molecule has 2 heterocycles. The lowest BCUT2D eigenvalue weighted by Gasteiger charge is -2.14. The molecule has 0 radical (unpaired) electrons. The van der Waals surface area contributed by atoms with Gasteiger partial charge in [-0.3, -0.25) is 4.79 Å². The molecule has 1 aliphatic rings. The van der Waals surface area contributed by atoms with Crippen molar-refractivity contribution in [1.29, 1.82) is 0 Å². The topological polar surface area (TPSA) is 87.9 Å². The quantitative estimate of drug-likeness (QED) is 0.445. The summed E-state index contributed by atoms with van der Waals surface area (Å²) in [5.74, 6) is -0.0716. The number of nitroso groups, excluding NO2 is 1. The number of hydrogen-bond donors (Lipinski definition) is 0. The summed E-state index contributed by atoms with van der Waals surface area (Å²) < 4.78 is 0. The highest BCUT2D eigenvalue weighted by molar-refractivity contribution is 5.96. The third kappa shape index (κ3) is 2.49. The van der Waals surface area contributed by atoms with Crippen molar-refractivity contribution < 1.29 is 4.79 Å². The number of aromatic nitrogens is 2. The lowest BCUT2D eigenvalue weighted by Crippen LogP contribution is -2.28. The molecular weight excluding hydrogens is 222 g/mol. The molecule has 0 aliphatic carbocycles. The van der Waals surface area contributed by atoms with Crippen molar-refractivity contribution in [2.45, 2.75) is 12.8 Å². The third-order valence-corrected chi connectivity index (χ3v) is 2.50. The van der Waals surface area contributed by atoms with Gasteiger partial charge in [0.25, 0.3) is 5.91 Å². The normalized spacial score (nSPS) is 15.4. The highest BCUT2D eigenvalue weighted by Gasteiger charge is 2.23. The predicted octanol–water partition coefficient (Wildman–Crippen LogP) is 1.14. The van der Waals surface area contributed by atoms with Crippen molar-refractivity contribution in [2.24, 2.45) is 10.2 Å². The summed E-state index contributed by atoms with van der Waals surface area (Å²) in [4.78, 5) is 35.3. The van der Waals surface area contributed by atoms with Crippen molar-refractivity contribution >= 4 is 18.1 Å². The molecule has 1 amide bonds. The maximum atomic E-state index is 12.1. The van der Waals surface area contributed by atoms with Gasteiger partial charge in [-0.1, -0.05) is 0 Å². The molecule has 7 heteroatoms. The first-order chi connectivity index (χ1) is 8.33. The summed E-state index contributed by atoms with van der Waals surface area (Å²) >= 11 is 0. The maximum absolute atomic E-state index is 12.1. The van der Waals surface area contributed by atoms with Crippen LogP contribution in [0.5, 0.6) is 0 Å². The molecule has 0 saturated carbocycles. The summed E-state index contributed by atoms with van der Waals surface area (Å²) in [5.41, 5.74) is 0.161. The Labute approximate surface area is 97.6 Å². The second-order valence-electron chi connectivity index (χ2n) is 3.58. The zero-order valence-electron chi connectivity index (χ0n) is 9.11. The van der Waals surface area contributed by atoms with E-state index >= 15 is 0 Å². The molecule has 17 heavy (non-hydrogen) atoms. The van der Waals surface area contributed by atoms with Crippen LogP contribution in [0.4, 0.5) is 5.82 Å². The Morgan fingerprint density at radius 3 is 2.71 bits per heavy atom. The molecule has 88 valence electrons. The first-order valence-corrected chi connectivity index (χ1v) is 5.28. The van der Waals surface area contributed by atoms with Gasteiger partial charge in [0, 0.05) is 25.5 Å². The summed E-state index contributed by atoms with van der Waals surface area (Å²) in [6, 6.07) is 0. The van der Waals surface area contributed by atoms with Crippen LogP contribution in [0.1, 0.15) is 23.3 Å². The third-order valence-electron chi connectivity index (χ3n) is 2.50. The molecule has 0 aromatic carbocycles. The van der Waals surface area contributed by atoms with Gasteiger partial charge in [-0.15, -0.1) is 4.91 Å². The van der Waals surface area contributed by atoms with Crippen LogP contribution in [-0.4, -0.2) is 40.2 Å². The summed E-state index contributed by atoms with van der Waals surface area (Å²) in [6.07, 6.45) is 5.65. The Morgan fingerprint density at radius 1 is 1.29 bits per heavy atom. The van der Waals surface area contributed by atoms with Gasteiger partial charge in [0.05, 0.1) is 0 Å². The molecule has 0 atom stereocenters. The molecule has 2 rings (SSSR count). The number of likely N-dealkylation sites (tertiary alicyclic amines) is 1. The van der Waals surface area contributed by atoms with E-state index in [0.29, 0.717) is 0 Å². The van der Waals surface area contributed by atoms with E-state index < -0.39 is 0 Å². The van der Waals surface area contributed by atoms with Crippen molar-refractivity contribution in [1.82, 2.24) is 14.9 Å². The molecule has 0 bridgehead atoms. The summed E-state index contributed by atoms with van der Waals surface area (Å²) in [7, 11) is 0. The van der Waals surface area contributed by atoms with E-state index in [1.165, 1.54) is 12.4 Å². The van der Waals surface area contributed by atoms with E-state index in [4.69, 9.17) is 0 Å². The average molecular weight is 233 g/mol. The minimum absolute atomic E-state index is 0.129.